The fourth-order valence-electron chi connectivity index (χ4n) is 3.08. The van der Waals surface area contributed by atoms with Gasteiger partial charge in [0.1, 0.15) is 12.4 Å². The third-order valence-corrected chi connectivity index (χ3v) is 4.18. The van der Waals surface area contributed by atoms with E-state index < -0.39 is 0 Å². The van der Waals surface area contributed by atoms with Gasteiger partial charge in [0.2, 0.25) is 0 Å². The minimum atomic E-state index is 0.144. The second kappa shape index (κ2) is 6.92. The van der Waals surface area contributed by atoms with Crippen molar-refractivity contribution in [3.05, 3.63) is 65.2 Å². The normalized spacial score (nSPS) is 17.5. The summed E-state index contributed by atoms with van der Waals surface area (Å²) in [5, 5.41) is 9.23. The van der Waals surface area contributed by atoms with Gasteiger partial charge < -0.3 is 15.6 Å². The molecule has 0 aliphatic carbocycles. The highest BCUT2D eigenvalue weighted by atomic mass is 16.5. The van der Waals surface area contributed by atoms with Crippen molar-refractivity contribution in [2.75, 3.05) is 19.7 Å². The Hall–Kier alpha value is -1.88. The van der Waals surface area contributed by atoms with Gasteiger partial charge in [-0.05, 0) is 17.2 Å². The summed E-state index contributed by atoms with van der Waals surface area (Å²) in [4.78, 5) is 2.21. The van der Waals surface area contributed by atoms with Crippen LogP contribution in [0.25, 0.3) is 0 Å². The molecule has 1 aliphatic heterocycles. The van der Waals surface area contributed by atoms with Crippen molar-refractivity contribution in [3.63, 3.8) is 0 Å². The lowest BCUT2D eigenvalue weighted by Crippen LogP contribution is -2.30. The van der Waals surface area contributed by atoms with Crippen LogP contribution in [0.4, 0.5) is 0 Å². The van der Waals surface area contributed by atoms with Gasteiger partial charge >= 0.3 is 0 Å². The maximum absolute atomic E-state index is 9.23. The molecule has 0 saturated carbocycles. The van der Waals surface area contributed by atoms with Crippen LogP contribution >= 0.6 is 0 Å². The summed E-state index contributed by atoms with van der Waals surface area (Å²) >= 11 is 0. The Morgan fingerprint density at radius 2 is 1.95 bits per heavy atom. The molecule has 2 aromatic carbocycles. The van der Waals surface area contributed by atoms with Crippen molar-refractivity contribution >= 4 is 0 Å². The summed E-state index contributed by atoms with van der Waals surface area (Å²) in [5.74, 6) is 0.917. The lowest BCUT2D eigenvalue weighted by atomic mass is 10.0. The van der Waals surface area contributed by atoms with Gasteiger partial charge in [-0.2, -0.15) is 0 Å². The Labute approximate surface area is 131 Å². The average molecular weight is 298 g/mol. The molecule has 2 aromatic rings. The molecule has 0 bridgehead atoms. The van der Waals surface area contributed by atoms with E-state index in [4.69, 9.17) is 10.5 Å². The van der Waals surface area contributed by atoms with Crippen molar-refractivity contribution < 1.29 is 9.84 Å². The van der Waals surface area contributed by atoms with Gasteiger partial charge in [0.05, 0.1) is 6.61 Å². The van der Waals surface area contributed by atoms with Gasteiger partial charge in [-0.25, -0.2) is 0 Å². The highest BCUT2D eigenvalue weighted by Gasteiger charge is 2.30. The van der Waals surface area contributed by atoms with E-state index in [2.05, 4.69) is 23.1 Å². The molecule has 4 nitrogen and oxygen atoms in total. The van der Waals surface area contributed by atoms with E-state index in [1.165, 1.54) is 11.1 Å². The number of aliphatic hydroxyl groups is 1. The monoisotopic (exact) mass is 298 g/mol. The number of nitrogens with zero attached hydrogens (tertiary/aromatic N) is 1. The van der Waals surface area contributed by atoms with Crippen LogP contribution in [0.3, 0.4) is 0 Å². The molecule has 1 atom stereocenters. The molecule has 4 heteroatoms. The Balaban J connectivity index is 1.79. The Bertz CT molecular complexity index is 616. The fourth-order valence-corrected chi connectivity index (χ4v) is 3.08. The van der Waals surface area contributed by atoms with Crippen LogP contribution in [0.1, 0.15) is 22.7 Å². The first kappa shape index (κ1) is 15.0. The summed E-state index contributed by atoms with van der Waals surface area (Å²) in [5.41, 5.74) is 9.49. The van der Waals surface area contributed by atoms with Gasteiger partial charge in [-0.15, -0.1) is 0 Å². The Morgan fingerprint density at radius 3 is 2.68 bits per heavy atom. The molecule has 116 valence electrons. The molecule has 0 aromatic heterocycles. The molecular weight excluding hydrogens is 276 g/mol. The quantitative estimate of drug-likeness (QED) is 0.857. The van der Waals surface area contributed by atoms with Crippen molar-refractivity contribution in [2.45, 2.75) is 19.2 Å². The number of fused-ring (bicyclic) bond motifs is 1. The second-order valence-corrected chi connectivity index (χ2v) is 5.54. The van der Waals surface area contributed by atoms with Crippen LogP contribution in [0.2, 0.25) is 0 Å². The number of benzene rings is 2. The smallest absolute Gasteiger partial charge is 0.124 e. The van der Waals surface area contributed by atoms with Gasteiger partial charge in [0, 0.05) is 31.2 Å². The van der Waals surface area contributed by atoms with Gasteiger partial charge in [0.15, 0.2) is 0 Å². The van der Waals surface area contributed by atoms with Crippen molar-refractivity contribution in [1.82, 2.24) is 4.90 Å². The zero-order chi connectivity index (χ0) is 15.4. The van der Waals surface area contributed by atoms with Crippen molar-refractivity contribution in [2.24, 2.45) is 5.73 Å². The average Bonchev–Trinajstić information content (AvgIpc) is 2.92. The van der Waals surface area contributed by atoms with Crippen LogP contribution in [0.5, 0.6) is 5.75 Å². The minimum absolute atomic E-state index is 0.144. The topological polar surface area (TPSA) is 58.7 Å². The van der Waals surface area contributed by atoms with Crippen LogP contribution in [0.15, 0.2) is 48.5 Å². The molecule has 1 heterocycles. The van der Waals surface area contributed by atoms with E-state index in [-0.39, 0.29) is 12.6 Å². The molecule has 0 spiro atoms. The summed E-state index contributed by atoms with van der Waals surface area (Å²) < 4.78 is 6.02. The number of nitrogens with two attached hydrogens (primary N) is 1. The SMILES string of the molecule is NCC1c2cccc(OCc3ccccc3)c2CN1CCO. The molecule has 0 saturated heterocycles. The largest absolute Gasteiger partial charge is 0.489 e. The van der Waals surface area contributed by atoms with E-state index in [1.54, 1.807) is 0 Å². The third-order valence-electron chi connectivity index (χ3n) is 4.18. The number of hydrogen-bond acceptors (Lipinski definition) is 4. The van der Waals surface area contributed by atoms with Gasteiger partial charge in [-0.1, -0.05) is 42.5 Å². The van der Waals surface area contributed by atoms with Crippen molar-refractivity contribution in [3.8, 4) is 5.75 Å². The van der Waals surface area contributed by atoms with E-state index >= 15 is 0 Å². The predicted molar refractivity (Wildman–Crippen MR) is 86.5 cm³/mol. The van der Waals surface area contributed by atoms with Crippen LogP contribution in [-0.2, 0) is 13.2 Å². The molecule has 3 N–H and O–H groups in total. The van der Waals surface area contributed by atoms with Crippen LogP contribution < -0.4 is 10.5 Å². The highest BCUT2D eigenvalue weighted by Crippen LogP contribution is 2.38. The standard InChI is InChI=1S/C18H22N2O2/c19-11-17-15-7-4-8-18(16(15)12-20(17)9-10-21)22-13-14-5-2-1-3-6-14/h1-8,17,21H,9-13,19H2. The number of aliphatic hydroxyl groups excluding tert-OH is 1. The predicted octanol–water partition coefficient (Wildman–Crippen LogP) is 2.07. The Morgan fingerprint density at radius 1 is 1.14 bits per heavy atom. The first-order chi connectivity index (χ1) is 10.8. The molecular formula is C18H22N2O2. The summed E-state index contributed by atoms with van der Waals surface area (Å²) in [7, 11) is 0. The maximum Gasteiger partial charge on any atom is 0.124 e. The molecule has 3 rings (SSSR count). The summed E-state index contributed by atoms with van der Waals surface area (Å²) in [6, 6.07) is 16.5. The van der Waals surface area contributed by atoms with Crippen LogP contribution in [0, 0.1) is 0 Å². The molecule has 22 heavy (non-hydrogen) atoms. The molecule has 0 fully saturated rings. The van der Waals surface area contributed by atoms with E-state index in [9.17, 15) is 5.11 Å². The number of hydrogen-bond donors (Lipinski definition) is 2. The summed E-state index contributed by atoms with van der Waals surface area (Å²) in [6.45, 7) is 2.67. The first-order valence-corrected chi connectivity index (χ1v) is 7.67. The fraction of sp³-hybridized carbons (Fsp3) is 0.333. The van der Waals surface area contributed by atoms with Crippen molar-refractivity contribution in [1.29, 1.82) is 0 Å². The number of β-amino-alcohol motifs (C(OH)–C–C–N with tert-alkyl or cyclic N) is 1. The number of rotatable bonds is 6. The lowest BCUT2D eigenvalue weighted by Gasteiger charge is -2.22. The van der Waals surface area contributed by atoms with E-state index in [0.717, 1.165) is 17.9 Å². The maximum atomic E-state index is 9.23. The molecule has 1 unspecified atom stereocenters. The Kier molecular flexibility index (Phi) is 4.73. The second-order valence-electron chi connectivity index (χ2n) is 5.54. The zero-order valence-corrected chi connectivity index (χ0v) is 12.6. The zero-order valence-electron chi connectivity index (χ0n) is 12.6. The van der Waals surface area contributed by atoms with Gasteiger partial charge in [-0.3, -0.25) is 4.90 Å². The minimum Gasteiger partial charge on any atom is -0.489 e. The van der Waals surface area contributed by atoms with Crippen LogP contribution in [-0.4, -0.2) is 29.7 Å². The number of ether oxygens (including phenoxy) is 1. The molecule has 0 radical (unpaired) electrons. The third kappa shape index (κ3) is 2.99. The molecule has 1 aliphatic rings. The molecule has 0 amide bonds. The summed E-state index contributed by atoms with van der Waals surface area (Å²) in [6.07, 6.45) is 0. The van der Waals surface area contributed by atoms with E-state index in [1.807, 2.05) is 30.3 Å². The first-order valence-electron chi connectivity index (χ1n) is 7.67. The highest BCUT2D eigenvalue weighted by molar-refractivity contribution is 5.45. The van der Waals surface area contributed by atoms with Gasteiger partial charge in [0.25, 0.3) is 0 Å². The lowest BCUT2D eigenvalue weighted by molar-refractivity contribution is 0.163. The van der Waals surface area contributed by atoms with E-state index in [0.29, 0.717) is 19.7 Å².